The van der Waals surface area contributed by atoms with Crippen molar-refractivity contribution in [3.63, 3.8) is 0 Å². The van der Waals surface area contributed by atoms with E-state index in [4.69, 9.17) is 4.74 Å². The maximum Gasteiger partial charge on any atom is 0.211 e. The van der Waals surface area contributed by atoms with Crippen LogP contribution in [0.5, 0.6) is 5.75 Å². The van der Waals surface area contributed by atoms with Gasteiger partial charge in [-0.25, -0.2) is 13.1 Å². The van der Waals surface area contributed by atoms with Gasteiger partial charge >= 0.3 is 0 Å². The molecule has 1 fully saturated rings. The van der Waals surface area contributed by atoms with Crippen molar-refractivity contribution < 1.29 is 13.2 Å². The molecule has 1 aromatic rings. The molecule has 1 N–H and O–H groups in total. The summed E-state index contributed by atoms with van der Waals surface area (Å²) in [5, 5.41) is 0. The van der Waals surface area contributed by atoms with E-state index >= 15 is 0 Å². The van der Waals surface area contributed by atoms with Crippen molar-refractivity contribution >= 4 is 10.0 Å². The Balaban J connectivity index is 2.16. The highest BCUT2D eigenvalue weighted by atomic mass is 32.2. The van der Waals surface area contributed by atoms with E-state index in [1.807, 2.05) is 31.2 Å². The largest absolute Gasteiger partial charge is 0.497 e. The minimum Gasteiger partial charge on any atom is -0.497 e. The van der Waals surface area contributed by atoms with Gasteiger partial charge in [-0.2, -0.15) is 0 Å². The Morgan fingerprint density at radius 2 is 1.75 bits per heavy atom. The fraction of sp³-hybridized carbons (Fsp3) is 0.667. The number of likely N-dealkylation sites (tertiary alicyclic amines) is 1. The van der Waals surface area contributed by atoms with Gasteiger partial charge in [-0.05, 0) is 50.0 Å². The van der Waals surface area contributed by atoms with Crippen LogP contribution in [0.2, 0.25) is 0 Å². The van der Waals surface area contributed by atoms with Gasteiger partial charge in [0, 0.05) is 12.6 Å². The monoisotopic (exact) mass is 354 g/mol. The Morgan fingerprint density at radius 3 is 2.29 bits per heavy atom. The van der Waals surface area contributed by atoms with Gasteiger partial charge in [-0.3, -0.25) is 4.90 Å². The van der Waals surface area contributed by atoms with E-state index < -0.39 is 10.0 Å². The number of rotatable bonds is 8. The molecule has 1 aromatic carbocycles. The molecule has 0 saturated carbocycles. The summed E-state index contributed by atoms with van der Waals surface area (Å²) < 4.78 is 32.2. The number of nitrogens with zero attached hydrogens (tertiary/aromatic N) is 1. The summed E-state index contributed by atoms with van der Waals surface area (Å²) in [6, 6.07) is 8.05. The maximum absolute atomic E-state index is 12.1. The van der Waals surface area contributed by atoms with E-state index in [0.29, 0.717) is 13.0 Å². The molecule has 2 rings (SSSR count). The molecule has 0 spiro atoms. The first-order chi connectivity index (χ1) is 11.6. The van der Waals surface area contributed by atoms with Crippen LogP contribution < -0.4 is 9.46 Å². The van der Waals surface area contributed by atoms with Crippen molar-refractivity contribution in [2.24, 2.45) is 0 Å². The number of hydrogen-bond donors (Lipinski definition) is 1. The van der Waals surface area contributed by atoms with E-state index in [0.717, 1.165) is 24.4 Å². The van der Waals surface area contributed by atoms with Gasteiger partial charge in [0.25, 0.3) is 0 Å². The summed E-state index contributed by atoms with van der Waals surface area (Å²) in [5.74, 6) is 1.00. The Kier molecular flexibility index (Phi) is 7.52. The SMILES string of the molecule is CCCS(=O)(=O)NCC(c1ccc(OC)cc1)N1CCCCCC1. The van der Waals surface area contributed by atoms with Crippen LogP contribution in [-0.4, -0.2) is 45.8 Å². The third-order valence-corrected chi connectivity index (χ3v) is 6.10. The van der Waals surface area contributed by atoms with Gasteiger partial charge in [-0.15, -0.1) is 0 Å². The Morgan fingerprint density at radius 1 is 1.12 bits per heavy atom. The van der Waals surface area contributed by atoms with Gasteiger partial charge in [0.15, 0.2) is 0 Å². The van der Waals surface area contributed by atoms with Gasteiger partial charge in [0.1, 0.15) is 5.75 Å². The summed E-state index contributed by atoms with van der Waals surface area (Å²) in [4.78, 5) is 2.42. The zero-order chi connectivity index (χ0) is 17.4. The molecule has 1 unspecified atom stereocenters. The average Bonchev–Trinajstić information content (AvgIpc) is 2.85. The van der Waals surface area contributed by atoms with Crippen molar-refractivity contribution in [3.8, 4) is 5.75 Å². The second-order valence-electron chi connectivity index (χ2n) is 6.41. The lowest BCUT2D eigenvalue weighted by Gasteiger charge is -2.31. The van der Waals surface area contributed by atoms with Crippen LogP contribution in [0.15, 0.2) is 24.3 Å². The van der Waals surface area contributed by atoms with E-state index in [9.17, 15) is 8.42 Å². The second kappa shape index (κ2) is 9.39. The lowest BCUT2D eigenvalue weighted by molar-refractivity contribution is 0.206. The molecule has 0 amide bonds. The molecule has 0 radical (unpaired) electrons. The van der Waals surface area contributed by atoms with Crippen molar-refractivity contribution in [1.29, 1.82) is 0 Å². The zero-order valence-corrected chi connectivity index (χ0v) is 15.6. The molecular weight excluding hydrogens is 324 g/mol. The van der Waals surface area contributed by atoms with Crippen LogP contribution in [0, 0.1) is 0 Å². The van der Waals surface area contributed by atoms with Crippen LogP contribution in [0.25, 0.3) is 0 Å². The van der Waals surface area contributed by atoms with Gasteiger partial charge < -0.3 is 4.74 Å². The Labute approximate surface area is 146 Å². The van der Waals surface area contributed by atoms with Crippen LogP contribution in [0.3, 0.4) is 0 Å². The van der Waals surface area contributed by atoms with E-state index in [1.54, 1.807) is 7.11 Å². The van der Waals surface area contributed by atoms with Gasteiger partial charge in [-0.1, -0.05) is 31.9 Å². The third kappa shape index (κ3) is 5.76. The first-order valence-electron chi connectivity index (χ1n) is 8.91. The minimum absolute atomic E-state index is 0.0700. The fourth-order valence-electron chi connectivity index (χ4n) is 3.24. The smallest absolute Gasteiger partial charge is 0.211 e. The predicted octanol–water partition coefficient (Wildman–Crippen LogP) is 2.94. The van der Waals surface area contributed by atoms with Crippen molar-refractivity contribution in [1.82, 2.24) is 9.62 Å². The quantitative estimate of drug-likeness (QED) is 0.780. The van der Waals surface area contributed by atoms with Crippen molar-refractivity contribution in [2.45, 2.75) is 45.1 Å². The number of sulfonamides is 1. The number of benzene rings is 1. The molecule has 24 heavy (non-hydrogen) atoms. The minimum atomic E-state index is -3.20. The van der Waals surface area contributed by atoms with Crippen molar-refractivity contribution in [2.75, 3.05) is 32.5 Å². The predicted molar refractivity (Wildman–Crippen MR) is 97.9 cm³/mol. The van der Waals surface area contributed by atoms with Crippen LogP contribution >= 0.6 is 0 Å². The number of hydrogen-bond acceptors (Lipinski definition) is 4. The fourth-order valence-corrected chi connectivity index (χ4v) is 4.33. The zero-order valence-electron chi connectivity index (χ0n) is 14.8. The van der Waals surface area contributed by atoms with Crippen LogP contribution in [-0.2, 0) is 10.0 Å². The van der Waals surface area contributed by atoms with Crippen LogP contribution in [0.4, 0.5) is 0 Å². The first-order valence-corrected chi connectivity index (χ1v) is 10.6. The van der Waals surface area contributed by atoms with E-state index in [-0.39, 0.29) is 11.8 Å². The first kappa shape index (κ1) is 19.2. The van der Waals surface area contributed by atoms with Crippen molar-refractivity contribution in [3.05, 3.63) is 29.8 Å². The average molecular weight is 355 g/mol. The summed E-state index contributed by atoms with van der Waals surface area (Å²) in [7, 11) is -1.54. The molecule has 1 atom stereocenters. The molecule has 1 aliphatic heterocycles. The van der Waals surface area contributed by atoms with Gasteiger partial charge in [0.2, 0.25) is 10.0 Å². The number of ether oxygens (including phenoxy) is 1. The molecule has 6 heteroatoms. The van der Waals surface area contributed by atoms with Gasteiger partial charge in [0.05, 0.1) is 12.9 Å². The van der Waals surface area contributed by atoms with Crippen LogP contribution in [0.1, 0.15) is 50.6 Å². The topological polar surface area (TPSA) is 58.6 Å². The van der Waals surface area contributed by atoms with E-state index in [1.165, 1.54) is 25.7 Å². The highest BCUT2D eigenvalue weighted by Crippen LogP contribution is 2.25. The Hall–Kier alpha value is -1.11. The molecule has 1 aliphatic rings. The number of nitrogens with one attached hydrogen (secondary N) is 1. The summed E-state index contributed by atoms with van der Waals surface area (Å²) in [6.07, 6.45) is 5.50. The summed E-state index contributed by atoms with van der Waals surface area (Å²) in [6.45, 7) is 4.35. The second-order valence-corrected chi connectivity index (χ2v) is 8.33. The standard InChI is InChI=1S/C18H30N2O3S/c1-3-14-24(21,22)19-15-18(20-12-6-4-5-7-13-20)16-8-10-17(23-2)11-9-16/h8-11,18-19H,3-7,12-15H2,1-2H3. The molecule has 0 aromatic heterocycles. The summed E-state index contributed by atoms with van der Waals surface area (Å²) in [5.41, 5.74) is 1.14. The molecule has 0 aliphatic carbocycles. The molecule has 0 bridgehead atoms. The highest BCUT2D eigenvalue weighted by molar-refractivity contribution is 7.89. The molecule has 136 valence electrons. The highest BCUT2D eigenvalue weighted by Gasteiger charge is 2.23. The lowest BCUT2D eigenvalue weighted by Crippen LogP contribution is -2.39. The molecule has 1 saturated heterocycles. The molecular formula is C18H30N2O3S. The molecule has 5 nitrogen and oxygen atoms in total. The van der Waals surface area contributed by atoms with E-state index in [2.05, 4.69) is 9.62 Å². The molecule has 1 heterocycles. The normalized spacial score (nSPS) is 18.1. The third-order valence-electron chi connectivity index (χ3n) is 4.55. The number of methoxy groups -OCH3 is 1. The Bertz CT molecular complexity index is 579. The maximum atomic E-state index is 12.1. The lowest BCUT2D eigenvalue weighted by atomic mass is 10.0. The summed E-state index contributed by atoms with van der Waals surface area (Å²) >= 11 is 0.